The van der Waals surface area contributed by atoms with E-state index < -0.39 is 18.0 Å². The maximum absolute atomic E-state index is 12.2. The number of ether oxygens (including phenoxy) is 1. The van der Waals surface area contributed by atoms with Crippen LogP contribution < -0.4 is 5.32 Å². The second kappa shape index (κ2) is 7.88. The van der Waals surface area contributed by atoms with E-state index in [9.17, 15) is 9.59 Å². The van der Waals surface area contributed by atoms with Crippen molar-refractivity contribution in [2.24, 2.45) is 0 Å². The first kappa shape index (κ1) is 18.6. The molecule has 0 saturated heterocycles. The maximum Gasteiger partial charge on any atom is 0.338 e. The second-order valence-electron chi connectivity index (χ2n) is 5.12. The maximum atomic E-state index is 12.2. The van der Waals surface area contributed by atoms with Crippen molar-refractivity contribution in [1.29, 1.82) is 0 Å². The summed E-state index contributed by atoms with van der Waals surface area (Å²) in [5.74, 6) is -1.13. The molecule has 0 aliphatic carbocycles. The highest BCUT2D eigenvalue weighted by molar-refractivity contribution is 6.42. The van der Waals surface area contributed by atoms with Crippen LogP contribution in [0.5, 0.6) is 0 Å². The molecule has 0 aliphatic rings. The fourth-order valence-corrected chi connectivity index (χ4v) is 2.34. The van der Waals surface area contributed by atoms with Crippen LogP contribution in [0.25, 0.3) is 0 Å². The first-order valence-corrected chi connectivity index (χ1v) is 8.14. The number of carbonyl (C=O) groups is 2. The topological polar surface area (TPSA) is 55.4 Å². The fraction of sp³-hybridized carbons (Fsp3) is 0.176. The van der Waals surface area contributed by atoms with Crippen LogP contribution in [-0.2, 0) is 9.53 Å². The highest BCUT2D eigenvalue weighted by Gasteiger charge is 2.20. The summed E-state index contributed by atoms with van der Waals surface area (Å²) in [6.07, 6.45) is -0.995. The van der Waals surface area contributed by atoms with Crippen molar-refractivity contribution in [1.82, 2.24) is 0 Å². The van der Waals surface area contributed by atoms with Crippen LogP contribution in [-0.4, -0.2) is 18.0 Å². The molecule has 0 aromatic heterocycles. The van der Waals surface area contributed by atoms with Crippen LogP contribution >= 0.6 is 34.8 Å². The molecule has 7 heteroatoms. The van der Waals surface area contributed by atoms with Gasteiger partial charge in [-0.2, -0.15) is 0 Å². The lowest BCUT2D eigenvalue weighted by Gasteiger charge is -2.15. The monoisotopic (exact) mass is 385 g/mol. The number of hydrogen-bond donors (Lipinski definition) is 1. The van der Waals surface area contributed by atoms with Gasteiger partial charge < -0.3 is 10.1 Å². The molecule has 1 N–H and O–H groups in total. The molecule has 1 amide bonds. The molecule has 0 heterocycles. The van der Waals surface area contributed by atoms with Gasteiger partial charge in [-0.05, 0) is 49.7 Å². The van der Waals surface area contributed by atoms with Gasteiger partial charge in [0.25, 0.3) is 5.91 Å². The summed E-state index contributed by atoms with van der Waals surface area (Å²) in [5, 5.41) is 3.74. The van der Waals surface area contributed by atoms with Crippen molar-refractivity contribution >= 4 is 52.4 Å². The van der Waals surface area contributed by atoms with Crippen LogP contribution in [0.2, 0.25) is 15.1 Å². The van der Waals surface area contributed by atoms with Gasteiger partial charge in [0.2, 0.25) is 0 Å². The predicted octanol–water partition coefficient (Wildman–Crippen LogP) is 5.14. The highest BCUT2D eigenvalue weighted by atomic mass is 35.5. The molecule has 4 nitrogen and oxygen atoms in total. The van der Waals surface area contributed by atoms with Crippen molar-refractivity contribution in [2.45, 2.75) is 20.0 Å². The summed E-state index contributed by atoms with van der Waals surface area (Å²) in [6, 6.07) is 9.48. The van der Waals surface area contributed by atoms with Crippen LogP contribution in [0.1, 0.15) is 22.8 Å². The lowest BCUT2D eigenvalue weighted by molar-refractivity contribution is -0.123. The van der Waals surface area contributed by atoms with E-state index in [0.717, 1.165) is 5.56 Å². The van der Waals surface area contributed by atoms with Gasteiger partial charge in [-0.3, -0.25) is 4.79 Å². The number of carbonyl (C=O) groups excluding carboxylic acids is 2. The van der Waals surface area contributed by atoms with E-state index in [-0.39, 0.29) is 10.6 Å². The normalized spacial score (nSPS) is 11.7. The molecule has 2 aromatic rings. The second-order valence-corrected chi connectivity index (χ2v) is 6.38. The van der Waals surface area contributed by atoms with Gasteiger partial charge in [-0.25, -0.2) is 4.79 Å². The Balaban J connectivity index is 2.04. The highest BCUT2D eigenvalue weighted by Crippen LogP contribution is 2.23. The molecule has 126 valence electrons. The molecule has 0 spiro atoms. The van der Waals surface area contributed by atoms with Crippen LogP contribution in [0.4, 0.5) is 5.69 Å². The summed E-state index contributed by atoms with van der Waals surface area (Å²) < 4.78 is 5.15. The van der Waals surface area contributed by atoms with E-state index in [1.54, 1.807) is 18.2 Å². The number of benzene rings is 2. The minimum atomic E-state index is -0.995. The number of hydrogen-bond acceptors (Lipinski definition) is 3. The molecule has 1 unspecified atom stereocenters. The molecule has 0 aliphatic heterocycles. The van der Waals surface area contributed by atoms with E-state index in [2.05, 4.69) is 5.32 Å². The standard InChI is InChI=1S/C17H14Cl3NO3/c1-9-3-5-12(18)8-15(9)21-16(22)10(2)24-17(23)11-4-6-13(19)14(20)7-11/h3-8,10H,1-2H3,(H,21,22). The van der Waals surface area contributed by atoms with Crippen molar-refractivity contribution in [3.05, 3.63) is 62.6 Å². The zero-order valence-corrected chi connectivity index (χ0v) is 15.2. The molecule has 2 rings (SSSR count). The third kappa shape index (κ3) is 4.63. The number of nitrogens with one attached hydrogen (secondary N) is 1. The van der Waals surface area contributed by atoms with Gasteiger partial charge >= 0.3 is 5.97 Å². The number of rotatable bonds is 4. The Morgan fingerprint density at radius 2 is 1.75 bits per heavy atom. The molecule has 0 bridgehead atoms. The number of anilines is 1. The van der Waals surface area contributed by atoms with E-state index >= 15 is 0 Å². The minimum Gasteiger partial charge on any atom is -0.449 e. The summed E-state index contributed by atoms with van der Waals surface area (Å²) in [5.41, 5.74) is 1.61. The molecule has 0 radical (unpaired) electrons. The van der Waals surface area contributed by atoms with Gasteiger partial charge in [0.05, 0.1) is 15.6 Å². The predicted molar refractivity (Wildman–Crippen MR) is 96.2 cm³/mol. The Morgan fingerprint density at radius 3 is 2.42 bits per heavy atom. The third-order valence-corrected chi connectivity index (χ3v) is 4.24. The quantitative estimate of drug-likeness (QED) is 0.740. The third-order valence-electron chi connectivity index (χ3n) is 3.27. The zero-order chi connectivity index (χ0) is 17.9. The Kier molecular flexibility index (Phi) is 6.10. The number of aryl methyl sites for hydroxylation is 1. The smallest absolute Gasteiger partial charge is 0.338 e. The molecule has 0 fully saturated rings. The Hall–Kier alpha value is -1.75. The van der Waals surface area contributed by atoms with Gasteiger partial charge in [0.1, 0.15) is 0 Å². The van der Waals surface area contributed by atoms with Gasteiger partial charge in [-0.1, -0.05) is 40.9 Å². The van der Waals surface area contributed by atoms with Gasteiger partial charge in [0.15, 0.2) is 6.10 Å². The van der Waals surface area contributed by atoms with Crippen LogP contribution in [0, 0.1) is 6.92 Å². The van der Waals surface area contributed by atoms with Crippen LogP contribution in [0.15, 0.2) is 36.4 Å². The molecular formula is C17H14Cl3NO3. The first-order chi connectivity index (χ1) is 11.3. The van der Waals surface area contributed by atoms with Crippen molar-refractivity contribution in [3.8, 4) is 0 Å². The molecule has 1 atom stereocenters. The molecule has 24 heavy (non-hydrogen) atoms. The van der Waals surface area contributed by atoms with Crippen molar-refractivity contribution in [2.75, 3.05) is 5.32 Å². The van der Waals surface area contributed by atoms with E-state index in [4.69, 9.17) is 39.5 Å². The Morgan fingerprint density at radius 1 is 1.04 bits per heavy atom. The van der Waals surface area contributed by atoms with E-state index in [1.165, 1.54) is 25.1 Å². The lowest BCUT2D eigenvalue weighted by atomic mass is 10.2. The molecule has 2 aromatic carbocycles. The summed E-state index contributed by atoms with van der Waals surface area (Å²) in [7, 11) is 0. The number of esters is 1. The fourth-order valence-electron chi connectivity index (χ4n) is 1.87. The Bertz CT molecular complexity index is 793. The molecular weight excluding hydrogens is 373 g/mol. The largest absolute Gasteiger partial charge is 0.449 e. The van der Waals surface area contributed by atoms with Gasteiger partial charge in [-0.15, -0.1) is 0 Å². The summed E-state index contributed by atoms with van der Waals surface area (Å²) in [6.45, 7) is 3.31. The summed E-state index contributed by atoms with van der Waals surface area (Å²) in [4.78, 5) is 24.3. The van der Waals surface area contributed by atoms with E-state index in [0.29, 0.717) is 15.7 Å². The number of halogens is 3. The minimum absolute atomic E-state index is 0.211. The number of amides is 1. The first-order valence-electron chi connectivity index (χ1n) is 7.01. The Labute approximate surface area is 154 Å². The van der Waals surface area contributed by atoms with Crippen molar-refractivity contribution < 1.29 is 14.3 Å². The van der Waals surface area contributed by atoms with Crippen LogP contribution in [0.3, 0.4) is 0 Å². The summed E-state index contributed by atoms with van der Waals surface area (Å²) >= 11 is 17.6. The van der Waals surface area contributed by atoms with Gasteiger partial charge in [0, 0.05) is 10.7 Å². The SMILES string of the molecule is Cc1ccc(Cl)cc1NC(=O)C(C)OC(=O)c1ccc(Cl)c(Cl)c1. The lowest BCUT2D eigenvalue weighted by Crippen LogP contribution is -2.30. The average Bonchev–Trinajstić information content (AvgIpc) is 2.53. The average molecular weight is 387 g/mol. The zero-order valence-electron chi connectivity index (χ0n) is 12.9. The van der Waals surface area contributed by atoms with Crippen molar-refractivity contribution in [3.63, 3.8) is 0 Å². The van der Waals surface area contributed by atoms with E-state index in [1.807, 2.05) is 6.92 Å². The molecule has 0 saturated carbocycles.